The number of amides is 2. The van der Waals surface area contributed by atoms with Crippen molar-refractivity contribution in [3.05, 3.63) is 56.2 Å². The van der Waals surface area contributed by atoms with Crippen molar-refractivity contribution < 1.29 is 9.90 Å². The number of para-hydroxylation sites is 1. The Bertz CT molecular complexity index is 865. The highest BCUT2D eigenvalue weighted by atomic mass is 16.3. The van der Waals surface area contributed by atoms with Crippen LogP contribution in [0.2, 0.25) is 0 Å². The molecular weight excluding hydrogens is 290 g/mol. The first-order valence-electron chi connectivity index (χ1n) is 6.14. The van der Waals surface area contributed by atoms with Gasteiger partial charge in [0.2, 0.25) is 5.88 Å². The Morgan fingerprint density at radius 2 is 2.09 bits per heavy atom. The van der Waals surface area contributed by atoms with Gasteiger partial charge in [0.05, 0.1) is 11.9 Å². The van der Waals surface area contributed by atoms with Crippen LogP contribution in [0.3, 0.4) is 0 Å². The molecule has 2 amide bonds. The number of nitrogens with zero attached hydrogens (tertiary/aromatic N) is 2. The van der Waals surface area contributed by atoms with E-state index in [1.165, 1.54) is 0 Å². The standard InChI is InChI=1S/C13H13N5O4/c1-7-4-2-3-5-9(7)18-11(20)8(6-15-17-12(14)21)10(19)16-13(18)22/h2-6,20H,1H3,(H3,14,17,21)(H,16,19,22). The number of aromatic hydroxyl groups is 1. The summed E-state index contributed by atoms with van der Waals surface area (Å²) in [6, 6.07) is 5.87. The molecule has 0 aliphatic rings. The van der Waals surface area contributed by atoms with Gasteiger partial charge in [0.25, 0.3) is 5.56 Å². The molecule has 2 rings (SSSR count). The Morgan fingerprint density at radius 3 is 2.73 bits per heavy atom. The molecule has 0 radical (unpaired) electrons. The second kappa shape index (κ2) is 5.95. The third-order valence-electron chi connectivity index (χ3n) is 2.85. The molecule has 0 aliphatic carbocycles. The van der Waals surface area contributed by atoms with Crippen LogP contribution in [0.1, 0.15) is 11.1 Å². The van der Waals surface area contributed by atoms with Crippen molar-refractivity contribution in [2.45, 2.75) is 6.92 Å². The van der Waals surface area contributed by atoms with Crippen molar-refractivity contribution in [1.29, 1.82) is 0 Å². The van der Waals surface area contributed by atoms with E-state index < -0.39 is 23.2 Å². The molecule has 0 aliphatic heterocycles. The number of carbonyl (C=O) groups excluding carboxylic acids is 1. The fourth-order valence-corrected chi connectivity index (χ4v) is 1.85. The number of hydrogen-bond acceptors (Lipinski definition) is 5. The van der Waals surface area contributed by atoms with Gasteiger partial charge in [0.1, 0.15) is 5.56 Å². The normalized spacial score (nSPS) is 10.8. The van der Waals surface area contributed by atoms with Gasteiger partial charge in [-0.2, -0.15) is 5.10 Å². The molecule has 0 saturated carbocycles. The highest BCUT2D eigenvalue weighted by molar-refractivity contribution is 5.83. The number of hydrazone groups is 1. The molecule has 0 fully saturated rings. The predicted molar refractivity (Wildman–Crippen MR) is 79.4 cm³/mol. The van der Waals surface area contributed by atoms with Crippen LogP contribution in [0.15, 0.2) is 39.0 Å². The van der Waals surface area contributed by atoms with Crippen LogP contribution in [0.4, 0.5) is 4.79 Å². The van der Waals surface area contributed by atoms with Crippen LogP contribution >= 0.6 is 0 Å². The Balaban J connectivity index is 2.65. The Hall–Kier alpha value is -3.36. The Labute approximate surface area is 123 Å². The molecule has 9 nitrogen and oxygen atoms in total. The van der Waals surface area contributed by atoms with Crippen molar-refractivity contribution in [2.75, 3.05) is 0 Å². The molecule has 114 valence electrons. The number of aromatic amines is 1. The molecule has 0 saturated heterocycles. The minimum atomic E-state index is -0.931. The van der Waals surface area contributed by atoms with Crippen LogP contribution < -0.4 is 22.4 Å². The van der Waals surface area contributed by atoms with E-state index in [2.05, 4.69) is 10.1 Å². The first kappa shape index (κ1) is 15.0. The highest BCUT2D eigenvalue weighted by Gasteiger charge is 2.15. The Morgan fingerprint density at radius 1 is 1.41 bits per heavy atom. The van der Waals surface area contributed by atoms with E-state index in [0.717, 1.165) is 10.8 Å². The van der Waals surface area contributed by atoms with E-state index in [9.17, 15) is 19.5 Å². The monoisotopic (exact) mass is 303 g/mol. The highest BCUT2D eigenvalue weighted by Crippen LogP contribution is 2.18. The molecule has 5 N–H and O–H groups in total. The van der Waals surface area contributed by atoms with Gasteiger partial charge in [-0.15, -0.1) is 0 Å². The zero-order valence-corrected chi connectivity index (χ0v) is 11.5. The maximum absolute atomic E-state index is 12.0. The summed E-state index contributed by atoms with van der Waals surface area (Å²) in [5.41, 5.74) is 5.90. The van der Waals surface area contributed by atoms with Gasteiger partial charge in [-0.3, -0.25) is 9.78 Å². The number of primary amides is 1. The summed E-state index contributed by atoms with van der Waals surface area (Å²) in [4.78, 5) is 36.3. The number of rotatable bonds is 3. The first-order valence-corrected chi connectivity index (χ1v) is 6.14. The van der Waals surface area contributed by atoms with E-state index in [0.29, 0.717) is 11.3 Å². The molecule has 22 heavy (non-hydrogen) atoms. The number of urea groups is 1. The number of nitrogens with two attached hydrogens (primary N) is 1. The summed E-state index contributed by atoms with van der Waals surface area (Å²) in [6.07, 6.45) is 0.896. The molecule has 2 aromatic rings. The third kappa shape index (κ3) is 2.87. The van der Waals surface area contributed by atoms with Gasteiger partial charge in [-0.05, 0) is 18.6 Å². The largest absolute Gasteiger partial charge is 0.493 e. The van der Waals surface area contributed by atoms with Crippen LogP contribution in [0, 0.1) is 6.92 Å². The number of aromatic nitrogens is 2. The van der Waals surface area contributed by atoms with Crippen molar-refractivity contribution >= 4 is 12.2 Å². The first-order chi connectivity index (χ1) is 10.4. The minimum Gasteiger partial charge on any atom is -0.493 e. The smallest absolute Gasteiger partial charge is 0.335 e. The molecule has 1 heterocycles. The fraction of sp³-hybridized carbons (Fsp3) is 0.0769. The molecule has 1 aromatic carbocycles. The minimum absolute atomic E-state index is 0.295. The number of H-pyrrole nitrogens is 1. The summed E-state index contributed by atoms with van der Waals surface area (Å²) in [5, 5.41) is 13.6. The zero-order chi connectivity index (χ0) is 16.3. The van der Waals surface area contributed by atoms with Gasteiger partial charge in [-0.25, -0.2) is 19.6 Å². The van der Waals surface area contributed by atoms with Gasteiger partial charge < -0.3 is 10.8 Å². The summed E-state index contributed by atoms with van der Waals surface area (Å²) in [6.45, 7) is 1.74. The molecule has 0 spiro atoms. The lowest BCUT2D eigenvalue weighted by atomic mass is 10.2. The quantitative estimate of drug-likeness (QED) is 0.449. The van der Waals surface area contributed by atoms with Gasteiger partial charge in [0, 0.05) is 0 Å². The van der Waals surface area contributed by atoms with E-state index in [1.54, 1.807) is 31.2 Å². The van der Waals surface area contributed by atoms with Crippen LogP contribution in [-0.4, -0.2) is 26.9 Å². The average molecular weight is 303 g/mol. The van der Waals surface area contributed by atoms with Gasteiger partial charge >= 0.3 is 11.7 Å². The van der Waals surface area contributed by atoms with Crippen molar-refractivity contribution in [3.63, 3.8) is 0 Å². The van der Waals surface area contributed by atoms with Crippen molar-refractivity contribution in [3.8, 4) is 11.6 Å². The second-order valence-corrected chi connectivity index (χ2v) is 4.35. The van der Waals surface area contributed by atoms with Crippen LogP contribution in [0.5, 0.6) is 5.88 Å². The SMILES string of the molecule is Cc1ccccc1-n1c(O)c(C=NNC(N)=O)c(=O)[nH]c1=O. The molecular formula is C13H13N5O4. The van der Waals surface area contributed by atoms with Crippen LogP contribution in [0.25, 0.3) is 5.69 Å². The topological polar surface area (TPSA) is 143 Å². The second-order valence-electron chi connectivity index (χ2n) is 4.35. The third-order valence-corrected chi connectivity index (χ3v) is 2.85. The van der Waals surface area contributed by atoms with Gasteiger partial charge in [-0.1, -0.05) is 18.2 Å². The van der Waals surface area contributed by atoms with Crippen molar-refractivity contribution in [1.82, 2.24) is 15.0 Å². The molecule has 1 aromatic heterocycles. The summed E-state index contributed by atoms with van der Waals surface area (Å²) < 4.78 is 0.933. The summed E-state index contributed by atoms with van der Waals surface area (Å²) in [7, 11) is 0. The molecule has 0 atom stereocenters. The molecule has 0 bridgehead atoms. The lowest BCUT2D eigenvalue weighted by Gasteiger charge is -2.11. The molecule has 0 unspecified atom stereocenters. The zero-order valence-electron chi connectivity index (χ0n) is 11.5. The molecule has 9 heteroatoms. The summed E-state index contributed by atoms with van der Waals surface area (Å²) in [5.74, 6) is -0.599. The van der Waals surface area contributed by atoms with E-state index in [-0.39, 0.29) is 5.56 Å². The lowest BCUT2D eigenvalue weighted by molar-refractivity contribution is 0.249. The number of hydrogen-bond donors (Lipinski definition) is 4. The lowest BCUT2D eigenvalue weighted by Crippen LogP contribution is -2.32. The maximum Gasteiger partial charge on any atom is 0.335 e. The number of nitrogens with one attached hydrogen (secondary N) is 2. The van der Waals surface area contributed by atoms with Gasteiger partial charge in [0.15, 0.2) is 0 Å². The van der Waals surface area contributed by atoms with E-state index >= 15 is 0 Å². The number of aryl methyl sites for hydroxylation is 1. The van der Waals surface area contributed by atoms with E-state index in [1.807, 2.05) is 5.43 Å². The van der Waals surface area contributed by atoms with Crippen LogP contribution in [-0.2, 0) is 0 Å². The predicted octanol–water partition coefficient (Wildman–Crippen LogP) is -0.458. The maximum atomic E-state index is 12.0. The number of carbonyl (C=O) groups is 1. The Kier molecular flexibility index (Phi) is 4.07. The fourth-order valence-electron chi connectivity index (χ4n) is 1.85. The average Bonchev–Trinajstić information content (AvgIpc) is 2.44. The van der Waals surface area contributed by atoms with Crippen molar-refractivity contribution in [2.24, 2.45) is 10.8 Å². The number of benzene rings is 1. The van der Waals surface area contributed by atoms with E-state index in [4.69, 9.17) is 5.73 Å². The summed E-state index contributed by atoms with van der Waals surface area (Å²) >= 11 is 0.